The van der Waals surface area contributed by atoms with Crippen LogP contribution in [-0.4, -0.2) is 24.4 Å². The lowest BCUT2D eigenvalue weighted by Crippen LogP contribution is -2.34. The molecule has 0 saturated heterocycles. The Bertz CT molecular complexity index is 533. The summed E-state index contributed by atoms with van der Waals surface area (Å²) in [5.41, 5.74) is 0.128. The van der Waals surface area contributed by atoms with Crippen molar-refractivity contribution in [1.82, 2.24) is 4.90 Å². The van der Waals surface area contributed by atoms with Crippen molar-refractivity contribution in [3.63, 3.8) is 0 Å². The average molecular weight is 293 g/mol. The zero-order chi connectivity index (χ0) is 14.3. The number of amides is 1. The molecule has 0 N–H and O–H groups in total. The van der Waals surface area contributed by atoms with E-state index in [1.165, 1.54) is 37.8 Å². The fourth-order valence-electron chi connectivity index (χ4n) is 3.92. The molecule has 2 fully saturated rings. The van der Waals surface area contributed by atoms with Gasteiger partial charge in [-0.3, -0.25) is 4.79 Å². The van der Waals surface area contributed by atoms with Crippen LogP contribution in [0.4, 0.5) is 4.39 Å². The molecule has 0 radical (unpaired) electrons. The predicted octanol–water partition coefficient (Wildman–Crippen LogP) is 3.62. The van der Waals surface area contributed by atoms with Crippen LogP contribution in [0.2, 0.25) is 0 Å². The van der Waals surface area contributed by atoms with Gasteiger partial charge < -0.3 is 4.90 Å². The second-order valence-corrected chi connectivity index (χ2v) is 6.80. The summed E-state index contributed by atoms with van der Waals surface area (Å²) in [6, 6.07) is 4.38. The number of fused-ring (bicyclic) bond motifs is 2. The third-order valence-electron chi connectivity index (χ3n) is 4.92. The largest absolute Gasteiger partial charge is 0.341 e. The van der Waals surface area contributed by atoms with E-state index < -0.39 is 5.82 Å². The van der Waals surface area contributed by atoms with E-state index in [2.05, 4.69) is 12.6 Å². The first-order valence-corrected chi connectivity index (χ1v) is 7.73. The molecule has 1 aromatic carbocycles. The lowest BCUT2D eigenvalue weighted by atomic mass is 9.88. The number of benzene rings is 1. The summed E-state index contributed by atoms with van der Waals surface area (Å²) in [7, 11) is 1.78. The number of hydrogen-bond donors (Lipinski definition) is 1. The second-order valence-electron chi connectivity index (χ2n) is 6.28. The lowest BCUT2D eigenvalue weighted by molar-refractivity contribution is 0.0749. The summed E-state index contributed by atoms with van der Waals surface area (Å²) >= 11 is 4.18. The van der Waals surface area contributed by atoms with Crippen molar-refractivity contribution in [2.24, 2.45) is 17.8 Å². The molecule has 1 aromatic rings. The minimum Gasteiger partial charge on any atom is -0.341 e. The molecule has 2 bridgehead atoms. The number of rotatable bonds is 3. The molecule has 3 atom stereocenters. The maximum absolute atomic E-state index is 13.8. The fourth-order valence-corrected chi connectivity index (χ4v) is 4.12. The summed E-state index contributed by atoms with van der Waals surface area (Å²) < 4.78 is 13.8. The minimum atomic E-state index is -0.465. The standard InChI is InChI=1S/C16H20FNOS/c1-18(9-12-7-10-2-3-11(12)6-10)16(19)14-8-13(20)4-5-15(14)17/h4-5,8,10-12,20H,2-3,6-7,9H2,1H3. The summed E-state index contributed by atoms with van der Waals surface area (Å²) in [6.07, 6.45) is 5.22. The van der Waals surface area contributed by atoms with E-state index in [0.29, 0.717) is 10.8 Å². The van der Waals surface area contributed by atoms with Gasteiger partial charge in [-0.1, -0.05) is 6.42 Å². The van der Waals surface area contributed by atoms with Gasteiger partial charge in [-0.25, -0.2) is 4.39 Å². The number of thiol groups is 1. The van der Waals surface area contributed by atoms with E-state index in [9.17, 15) is 9.18 Å². The first-order valence-electron chi connectivity index (χ1n) is 7.28. The molecule has 2 aliphatic carbocycles. The summed E-state index contributed by atoms with van der Waals surface area (Å²) in [5, 5.41) is 0. The molecule has 2 nitrogen and oxygen atoms in total. The Hall–Kier alpha value is -1.03. The lowest BCUT2D eigenvalue weighted by Gasteiger charge is -2.27. The highest BCUT2D eigenvalue weighted by molar-refractivity contribution is 7.80. The molecule has 3 unspecified atom stereocenters. The van der Waals surface area contributed by atoms with Crippen molar-refractivity contribution in [2.45, 2.75) is 30.6 Å². The van der Waals surface area contributed by atoms with E-state index in [4.69, 9.17) is 0 Å². The van der Waals surface area contributed by atoms with Crippen LogP contribution in [0.25, 0.3) is 0 Å². The molecule has 0 aromatic heterocycles. The van der Waals surface area contributed by atoms with Gasteiger partial charge in [0.05, 0.1) is 5.56 Å². The maximum Gasteiger partial charge on any atom is 0.256 e. The van der Waals surface area contributed by atoms with Crippen LogP contribution in [0, 0.1) is 23.6 Å². The number of hydrogen-bond acceptors (Lipinski definition) is 2. The van der Waals surface area contributed by atoms with Crippen molar-refractivity contribution in [3.05, 3.63) is 29.6 Å². The van der Waals surface area contributed by atoms with Crippen LogP contribution < -0.4 is 0 Å². The van der Waals surface area contributed by atoms with Crippen molar-refractivity contribution in [3.8, 4) is 0 Å². The van der Waals surface area contributed by atoms with Gasteiger partial charge >= 0.3 is 0 Å². The molecule has 1 amide bonds. The Kier molecular flexibility index (Phi) is 3.76. The topological polar surface area (TPSA) is 20.3 Å². The third-order valence-corrected chi connectivity index (χ3v) is 5.20. The van der Waals surface area contributed by atoms with Crippen LogP contribution in [0.5, 0.6) is 0 Å². The zero-order valence-corrected chi connectivity index (χ0v) is 12.6. The van der Waals surface area contributed by atoms with E-state index >= 15 is 0 Å². The first-order chi connectivity index (χ1) is 9.54. The van der Waals surface area contributed by atoms with Gasteiger partial charge in [0, 0.05) is 18.5 Å². The highest BCUT2D eigenvalue weighted by Crippen LogP contribution is 2.48. The van der Waals surface area contributed by atoms with Crippen molar-refractivity contribution in [1.29, 1.82) is 0 Å². The number of halogens is 1. The Morgan fingerprint density at radius 3 is 2.85 bits per heavy atom. The smallest absolute Gasteiger partial charge is 0.256 e. The summed E-state index contributed by atoms with van der Waals surface area (Å²) in [5.74, 6) is 1.54. The van der Waals surface area contributed by atoms with Crippen LogP contribution in [0.15, 0.2) is 23.1 Å². The molecule has 2 saturated carbocycles. The van der Waals surface area contributed by atoms with Crippen LogP contribution in [0.1, 0.15) is 36.0 Å². The van der Waals surface area contributed by atoms with E-state index in [1.54, 1.807) is 18.0 Å². The molecular formula is C16H20FNOS. The van der Waals surface area contributed by atoms with E-state index in [-0.39, 0.29) is 11.5 Å². The van der Waals surface area contributed by atoms with Crippen molar-refractivity contribution >= 4 is 18.5 Å². The van der Waals surface area contributed by atoms with Gasteiger partial charge in [-0.2, -0.15) is 0 Å². The Morgan fingerprint density at radius 2 is 2.20 bits per heavy atom. The van der Waals surface area contributed by atoms with E-state index in [1.807, 2.05) is 0 Å². The molecule has 4 heteroatoms. The normalized spacial score (nSPS) is 27.9. The second kappa shape index (κ2) is 5.40. The SMILES string of the molecule is CN(CC1CC2CCC1C2)C(=O)c1cc(S)ccc1F. The van der Waals surface area contributed by atoms with Crippen LogP contribution >= 0.6 is 12.6 Å². The molecule has 108 valence electrons. The molecule has 0 aliphatic heterocycles. The zero-order valence-electron chi connectivity index (χ0n) is 11.7. The highest BCUT2D eigenvalue weighted by Gasteiger charge is 2.40. The highest BCUT2D eigenvalue weighted by atomic mass is 32.1. The molecule has 20 heavy (non-hydrogen) atoms. The van der Waals surface area contributed by atoms with Crippen LogP contribution in [-0.2, 0) is 0 Å². The van der Waals surface area contributed by atoms with Gasteiger partial charge in [0.15, 0.2) is 0 Å². The van der Waals surface area contributed by atoms with Gasteiger partial charge in [-0.05, 0) is 55.2 Å². The molecular weight excluding hydrogens is 273 g/mol. The first kappa shape index (κ1) is 13.9. The maximum atomic E-state index is 13.8. The average Bonchev–Trinajstić information content (AvgIpc) is 3.03. The number of carbonyl (C=O) groups is 1. The summed E-state index contributed by atoms with van der Waals surface area (Å²) in [6.45, 7) is 0.746. The third kappa shape index (κ3) is 2.58. The Morgan fingerprint density at radius 1 is 1.40 bits per heavy atom. The van der Waals surface area contributed by atoms with Crippen LogP contribution in [0.3, 0.4) is 0 Å². The summed E-state index contributed by atoms with van der Waals surface area (Å²) in [4.78, 5) is 14.7. The molecule has 2 aliphatic rings. The van der Waals surface area contributed by atoms with Gasteiger partial charge in [-0.15, -0.1) is 12.6 Å². The molecule has 0 spiro atoms. The van der Waals surface area contributed by atoms with Gasteiger partial charge in [0.2, 0.25) is 0 Å². The minimum absolute atomic E-state index is 0.128. The molecule has 3 rings (SSSR count). The fraction of sp³-hybridized carbons (Fsp3) is 0.562. The Balaban J connectivity index is 1.69. The number of nitrogens with zero attached hydrogens (tertiary/aromatic N) is 1. The number of carbonyl (C=O) groups excluding carboxylic acids is 1. The van der Waals surface area contributed by atoms with Gasteiger partial charge in [0.1, 0.15) is 5.82 Å². The van der Waals surface area contributed by atoms with Crippen molar-refractivity contribution < 1.29 is 9.18 Å². The van der Waals surface area contributed by atoms with Gasteiger partial charge in [0.25, 0.3) is 5.91 Å². The predicted molar refractivity (Wildman–Crippen MR) is 79.6 cm³/mol. The quantitative estimate of drug-likeness (QED) is 0.844. The van der Waals surface area contributed by atoms with Crippen molar-refractivity contribution in [2.75, 3.05) is 13.6 Å². The Labute approximate surface area is 124 Å². The van der Waals surface area contributed by atoms with E-state index in [0.717, 1.165) is 18.4 Å². The monoisotopic (exact) mass is 293 g/mol. The molecule has 0 heterocycles.